The molecule has 4 aromatic rings. The third-order valence-corrected chi connectivity index (χ3v) is 5.23. The van der Waals surface area contributed by atoms with Crippen molar-refractivity contribution in [2.45, 2.75) is 13.0 Å². The predicted molar refractivity (Wildman–Crippen MR) is 116 cm³/mol. The summed E-state index contributed by atoms with van der Waals surface area (Å²) < 4.78 is 13.3. The lowest BCUT2D eigenvalue weighted by Gasteiger charge is -2.15. The summed E-state index contributed by atoms with van der Waals surface area (Å²) in [6.45, 7) is 1.85. The molecule has 2 aromatic carbocycles. The summed E-state index contributed by atoms with van der Waals surface area (Å²) in [7, 11) is 1.49. The Balaban J connectivity index is 1.58. The van der Waals surface area contributed by atoms with Crippen molar-refractivity contribution in [1.82, 2.24) is 14.9 Å². The Kier molecular flexibility index (Phi) is 5.41. The first kappa shape index (κ1) is 19.9. The van der Waals surface area contributed by atoms with Crippen molar-refractivity contribution in [2.24, 2.45) is 0 Å². The maximum absolute atomic E-state index is 12.8. The fourth-order valence-electron chi connectivity index (χ4n) is 3.18. The van der Waals surface area contributed by atoms with Crippen LogP contribution in [0.15, 0.2) is 74.9 Å². The highest BCUT2D eigenvalue weighted by Crippen LogP contribution is 2.29. The van der Waals surface area contributed by atoms with Crippen molar-refractivity contribution in [1.29, 1.82) is 0 Å². The fourth-order valence-corrected chi connectivity index (χ4v) is 3.64. The molecule has 1 N–H and O–H groups in total. The molecule has 1 atom stereocenters. The Morgan fingerprint density at radius 2 is 2.00 bits per heavy atom. The van der Waals surface area contributed by atoms with Crippen LogP contribution in [-0.4, -0.2) is 22.6 Å². The molecule has 0 aliphatic heterocycles. The highest BCUT2D eigenvalue weighted by Gasteiger charge is 2.18. The molecular formula is C22H18BrN3O4. The third-order valence-electron chi connectivity index (χ3n) is 4.77. The van der Waals surface area contributed by atoms with Gasteiger partial charge >= 0.3 is 5.63 Å². The van der Waals surface area contributed by atoms with E-state index < -0.39 is 11.5 Å². The molecule has 7 nitrogen and oxygen atoms in total. The lowest BCUT2D eigenvalue weighted by Crippen LogP contribution is -2.30. The molecule has 0 aliphatic carbocycles. The lowest BCUT2D eigenvalue weighted by atomic mass is 10.1. The molecule has 152 valence electrons. The standard InChI is InChI=1S/C22H18BrN3O4/c1-13(14-3-5-17(6-4-14)26-8-7-24-12-26)25-21(27)18-10-15-9-16(23)11-19(29-2)20(15)30-22(18)28/h3-13H,1-2H3,(H,25,27)/t13-/m1/s1. The number of carbonyl (C=O) groups excluding carboxylic acids is 1. The summed E-state index contributed by atoms with van der Waals surface area (Å²) in [4.78, 5) is 29.2. The molecule has 1 amide bonds. The van der Waals surface area contributed by atoms with Gasteiger partial charge in [0, 0.05) is 27.9 Å². The van der Waals surface area contributed by atoms with Crippen molar-refractivity contribution in [2.75, 3.05) is 7.11 Å². The maximum Gasteiger partial charge on any atom is 0.349 e. The maximum atomic E-state index is 12.8. The molecule has 0 fully saturated rings. The summed E-state index contributed by atoms with van der Waals surface area (Å²) in [5.74, 6) is -0.0921. The van der Waals surface area contributed by atoms with Crippen LogP contribution in [-0.2, 0) is 0 Å². The smallest absolute Gasteiger partial charge is 0.349 e. The van der Waals surface area contributed by atoms with E-state index in [4.69, 9.17) is 9.15 Å². The summed E-state index contributed by atoms with van der Waals surface area (Å²) in [5, 5.41) is 3.44. The second kappa shape index (κ2) is 8.16. The van der Waals surface area contributed by atoms with Gasteiger partial charge in [0.15, 0.2) is 11.3 Å². The Morgan fingerprint density at radius 3 is 2.67 bits per heavy atom. The van der Waals surface area contributed by atoms with Gasteiger partial charge in [0.1, 0.15) is 5.56 Å². The Labute approximate surface area is 180 Å². The van der Waals surface area contributed by atoms with Crippen LogP contribution >= 0.6 is 15.9 Å². The van der Waals surface area contributed by atoms with Crippen molar-refractivity contribution in [3.05, 3.63) is 87.2 Å². The van der Waals surface area contributed by atoms with Crippen LogP contribution in [0.1, 0.15) is 28.9 Å². The number of hydrogen-bond donors (Lipinski definition) is 1. The van der Waals surface area contributed by atoms with Crippen LogP contribution in [0.4, 0.5) is 0 Å². The van der Waals surface area contributed by atoms with Gasteiger partial charge in [-0.25, -0.2) is 9.78 Å². The number of imidazole rings is 1. The average Bonchev–Trinajstić information content (AvgIpc) is 3.28. The highest BCUT2D eigenvalue weighted by molar-refractivity contribution is 9.10. The number of nitrogens with zero attached hydrogens (tertiary/aromatic N) is 2. The van der Waals surface area contributed by atoms with Crippen molar-refractivity contribution in [3.63, 3.8) is 0 Å². The van der Waals surface area contributed by atoms with Gasteiger partial charge in [-0.05, 0) is 42.8 Å². The summed E-state index contributed by atoms with van der Waals surface area (Å²) in [6, 6.07) is 12.4. The van der Waals surface area contributed by atoms with E-state index in [1.165, 1.54) is 13.2 Å². The first-order valence-corrected chi connectivity index (χ1v) is 9.96. The van der Waals surface area contributed by atoms with Crippen LogP contribution in [0.25, 0.3) is 16.7 Å². The highest BCUT2D eigenvalue weighted by atomic mass is 79.9. The molecule has 4 rings (SSSR count). The number of nitrogens with one attached hydrogen (secondary N) is 1. The number of amides is 1. The number of fused-ring (bicyclic) bond motifs is 1. The van der Waals surface area contributed by atoms with Crippen LogP contribution in [0, 0.1) is 0 Å². The number of benzene rings is 2. The first-order valence-electron chi connectivity index (χ1n) is 9.17. The van der Waals surface area contributed by atoms with Crippen molar-refractivity contribution >= 4 is 32.8 Å². The summed E-state index contributed by atoms with van der Waals surface area (Å²) in [6.07, 6.45) is 5.28. The van der Waals surface area contributed by atoms with Gasteiger partial charge in [-0.3, -0.25) is 4.79 Å². The van der Waals surface area contributed by atoms with Gasteiger partial charge in [0.25, 0.3) is 5.91 Å². The Bertz CT molecular complexity index is 1260. The largest absolute Gasteiger partial charge is 0.493 e. The molecule has 0 unspecified atom stereocenters. The molecule has 30 heavy (non-hydrogen) atoms. The van der Waals surface area contributed by atoms with Gasteiger partial charge in [0.05, 0.1) is 19.5 Å². The minimum absolute atomic E-state index is 0.0652. The van der Waals surface area contributed by atoms with E-state index in [0.29, 0.717) is 16.7 Å². The van der Waals surface area contributed by atoms with Crippen LogP contribution in [0.2, 0.25) is 0 Å². The second-order valence-electron chi connectivity index (χ2n) is 6.73. The predicted octanol–water partition coefficient (Wildman–Crippen LogP) is 4.24. The van der Waals surface area contributed by atoms with Crippen molar-refractivity contribution in [3.8, 4) is 11.4 Å². The number of rotatable bonds is 5. The van der Waals surface area contributed by atoms with E-state index in [9.17, 15) is 9.59 Å². The summed E-state index contributed by atoms with van der Waals surface area (Å²) >= 11 is 3.39. The van der Waals surface area contributed by atoms with Crippen LogP contribution in [0.5, 0.6) is 5.75 Å². The van der Waals surface area contributed by atoms with E-state index in [-0.39, 0.29) is 11.6 Å². The molecule has 0 saturated carbocycles. The minimum atomic E-state index is -0.719. The SMILES string of the molecule is COc1cc(Br)cc2cc(C(=O)N[C@H](C)c3ccc(-n4ccnc4)cc3)c(=O)oc12. The van der Waals surface area contributed by atoms with Crippen LogP contribution < -0.4 is 15.7 Å². The zero-order valence-electron chi connectivity index (χ0n) is 16.3. The zero-order chi connectivity index (χ0) is 21.3. The van der Waals surface area contributed by atoms with E-state index in [2.05, 4.69) is 26.2 Å². The number of aromatic nitrogens is 2. The van der Waals surface area contributed by atoms with E-state index >= 15 is 0 Å². The topological polar surface area (TPSA) is 86.4 Å². The zero-order valence-corrected chi connectivity index (χ0v) is 17.8. The van der Waals surface area contributed by atoms with E-state index in [0.717, 1.165) is 15.7 Å². The lowest BCUT2D eigenvalue weighted by molar-refractivity contribution is 0.0936. The van der Waals surface area contributed by atoms with E-state index in [1.807, 2.05) is 42.0 Å². The molecule has 0 saturated heterocycles. The minimum Gasteiger partial charge on any atom is -0.493 e. The van der Waals surface area contributed by atoms with Gasteiger partial charge in [-0.15, -0.1) is 0 Å². The fraction of sp³-hybridized carbons (Fsp3) is 0.136. The normalized spacial score (nSPS) is 12.0. The number of carbonyl (C=O) groups is 1. The number of methoxy groups -OCH3 is 1. The molecule has 0 bridgehead atoms. The molecule has 0 spiro atoms. The van der Waals surface area contributed by atoms with Gasteiger partial charge in [-0.1, -0.05) is 28.1 Å². The summed E-state index contributed by atoms with van der Waals surface area (Å²) in [5.41, 5.74) is 1.38. The Hall–Kier alpha value is -3.39. The molecule has 2 aromatic heterocycles. The number of hydrogen-bond acceptors (Lipinski definition) is 5. The van der Waals surface area contributed by atoms with Gasteiger partial charge in [0.2, 0.25) is 0 Å². The van der Waals surface area contributed by atoms with Gasteiger partial charge < -0.3 is 19.0 Å². The number of ether oxygens (including phenoxy) is 1. The molecule has 8 heteroatoms. The van der Waals surface area contributed by atoms with E-state index in [1.54, 1.807) is 24.7 Å². The van der Waals surface area contributed by atoms with Crippen molar-refractivity contribution < 1.29 is 13.9 Å². The quantitative estimate of drug-likeness (QED) is 0.443. The second-order valence-corrected chi connectivity index (χ2v) is 7.65. The molecular weight excluding hydrogens is 450 g/mol. The molecule has 0 aliphatic rings. The Morgan fingerprint density at radius 1 is 1.23 bits per heavy atom. The van der Waals surface area contributed by atoms with Crippen LogP contribution in [0.3, 0.4) is 0 Å². The average molecular weight is 468 g/mol. The number of halogens is 1. The first-order chi connectivity index (χ1) is 14.5. The van der Waals surface area contributed by atoms with Gasteiger partial charge in [-0.2, -0.15) is 0 Å². The monoisotopic (exact) mass is 467 g/mol. The molecule has 2 heterocycles. The third kappa shape index (κ3) is 3.86. The molecule has 0 radical (unpaired) electrons.